The van der Waals surface area contributed by atoms with Crippen molar-refractivity contribution in [1.29, 1.82) is 0 Å². The molecule has 3 N–H and O–H groups in total. The Morgan fingerprint density at radius 1 is 0.895 bits per heavy atom. The third-order valence-corrected chi connectivity index (χ3v) is 4.41. The lowest BCUT2D eigenvalue weighted by Gasteiger charge is -2.30. The maximum absolute atomic E-state index is 10.6. The summed E-state index contributed by atoms with van der Waals surface area (Å²) in [6, 6.07) is 0. The third-order valence-electron chi connectivity index (χ3n) is 4.41. The first-order valence-corrected chi connectivity index (χ1v) is 7.73. The molecule has 19 heavy (non-hydrogen) atoms. The van der Waals surface area contributed by atoms with Crippen LogP contribution in [0.25, 0.3) is 0 Å². The third kappa shape index (κ3) is 9.94. The van der Waals surface area contributed by atoms with Crippen LogP contribution in [-0.2, 0) is 9.53 Å². The van der Waals surface area contributed by atoms with E-state index in [4.69, 9.17) is 4.74 Å². The molecule has 0 aliphatic heterocycles. The van der Waals surface area contributed by atoms with Crippen molar-refractivity contribution in [2.45, 2.75) is 85.5 Å². The van der Waals surface area contributed by atoms with Gasteiger partial charge in [-0.2, -0.15) is 0 Å². The van der Waals surface area contributed by atoms with Gasteiger partial charge in [-0.1, -0.05) is 65.7 Å². The van der Waals surface area contributed by atoms with Gasteiger partial charge >= 0.3 is 5.97 Å². The van der Waals surface area contributed by atoms with Gasteiger partial charge in [-0.3, -0.25) is 4.79 Å². The Labute approximate surface area is 120 Å². The highest BCUT2D eigenvalue weighted by molar-refractivity contribution is 5.65. The molecular weight excluding hydrogens is 238 g/mol. The maximum atomic E-state index is 10.6. The number of hydrogen-bond acceptors (Lipinski definition) is 3. The van der Waals surface area contributed by atoms with E-state index < -0.39 is 0 Å². The van der Waals surface area contributed by atoms with Crippen molar-refractivity contribution < 1.29 is 9.53 Å². The van der Waals surface area contributed by atoms with Crippen LogP contribution in [0, 0.1) is 5.41 Å². The second-order valence-corrected chi connectivity index (χ2v) is 5.42. The fourth-order valence-electron chi connectivity index (χ4n) is 2.63. The Kier molecular flexibility index (Phi) is 13.6. The Balaban J connectivity index is 0. The predicted molar refractivity (Wildman–Crippen MR) is 82.7 cm³/mol. The molecule has 3 heteroatoms. The molecule has 0 unspecified atom stereocenters. The first-order chi connectivity index (χ1) is 8.60. The first kappa shape index (κ1) is 20.7. The standard InChI is InChI=1S/C16H32O2.H3N/c1-5-16(6-2,7-3)13-11-9-8-10-12-14-18-15(4)17;/h5-14H2,1-4H3;1H3. The van der Waals surface area contributed by atoms with Crippen LogP contribution in [0.1, 0.15) is 85.5 Å². The number of carbonyl (C=O) groups excluding carboxylic acids is 1. The molecule has 0 aromatic rings. The van der Waals surface area contributed by atoms with Gasteiger partial charge < -0.3 is 10.9 Å². The second-order valence-electron chi connectivity index (χ2n) is 5.42. The summed E-state index contributed by atoms with van der Waals surface area (Å²) in [5.74, 6) is -0.159. The van der Waals surface area contributed by atoms with E-state index in [0.717, 1.165) is 6.42 Å². The summed E-state index contributed by atoms with van der Waals surface area (Å²) in [4.78, 5) is 10.6. The van der Waals surface area contributed by atoms with E-state index in [9.17, 15) is 4.79 Å². The molecule has 0 amide bonds. The summed E-state index contributed by atoms with van der Waals surface area (Å²) < 4.78 is 4.92. The van der Waals surface area contributed by atoms with Crippen LogP contribution in [0.15, 0.2) is 0 Å². The minimum absolute atomic E-state index is 0. The highest BCUT2D eigenvalue weighted by Gasteiger charge is 2.22. The molecule has 0 atom stereocenters. The number of hydrogen-bond donors (Lipinski definition) is 1. The summed E-state index contributed by atoms with van der Waals surface area (Å²) in [6.45, 7) is 9.04. The van der Waals surface area contributed by atoms with Gasteiger partial charge in [0.05, 0.1) is 6.61 Å². The molecule has 0 aliphatic carbocycles. The van der Waals surface area contributed by atoms with Crippen molar-refractivity contribution in [3.8, 4) is 0 Å². The van der Waals surface area contributed by atoms with E-state index in [0.29, 0.717) is 12.0 Å². The van der Waals surface area contributed by atoms with Crippen LogP contribution in [0.4, 0.5) is 0 Å². The lowest BCUT2D eigenvalue weighted by atomic mass is 9.75. The molecular formula is C16H35NO2. The fraction of sp³-hybridized carbons (Fsp3) is 0.938. The normalized spacial score (nSPS) is 10.9. The molecule has 0 fully saturated rings. The van der Waals surface area contributed by atoms with E-state index in [2.05, 4.69) is 20.8 Å². The Bertz CT molecular complexity index is 205. The van der Waals surface area contributed by atoms with Gasteiger partial charge in [0.2, 0.25) is 0 Å². The zero-order valence-corrected chi connectivity index (χ0v) is 13.6. The predicted octanol–water partition coefficient (Wildman–Crippen LogP) is 5.27. The van der Waals surface area contributed by atoms with Gasteiger partial charge in [-0.25, -0.2) is 0 Å². The molecule has 0 spiro atoms. The SMILES string of the molecule is CCC(CC)(CC)CCCCCCCOC(C)=O.N. The molecule has 0 saturated heterocycles. The van der Waals surface area contributed by atoms with Crippen molar-refractivity contribution in [3.63, 3.8) is 0 Å². The number of unbranched alkanes of at least 4 members (excludes halogenated alkanes) is 4. The fourth-order valence-corrected chi connectivity index (χ4v) is 2.63. The molecule has 0 radical (unpaired) electrons. The van der Waals surface area contributed by atoms with Gasteiger partial charge in [-0.05, 0) is 18.3 Å². The minimum atomic E-state index is -0.159. The molecule has 0 aromatic carbocycles. The molecule has 0 heterocycles. The molecule has 0 aliphatic rings. The number of rotatable bonds is 11. The van der Waals surface area contributed by atoms with Gasteiger partial charge in [0.15, 0.2) is 0 Å². The molecule has 3 nitrogen and oxygen atoms in total. The van der Waals surface area contributed by atoms with Crippen molar-refractivity contribution >= 4 is 5.97 Å². The molecule has 0 rings (SSSR count). The number of carbonyl (C=O) groups is 1. The summed E-state index contributed by atoms with van der Waals surface area (Å²) in [5, 5.41) is 0. The average Bonchev–Trinajstić information content (AvgIpc) is 2.38. The Hall–Kier alpha value is -0.570. The van der Waals surface area contributed by atoms with E-state index in [1.807, 2.05) is 0 Å². The van der Waals surface area contributed by atoms with Crippen LogP contribution in [0.3, 0.4) is 0 Å². The molecule has 116 valence electrons. The largest absolute Gasteiger partial charge is 0.466 e. The zero-order chi connectivity index (χ0) is 13.9. The van der Waals surface area contributed by atoms with Crippen LogP contribution in [-0.4, -0.2) is 12.6 Å². The smallest absolute Gasteiger partial charge is 0.302 e. The Morgan fingerprint density at radius 3 is 1.84 bits per heavy atom. The van der Waals surface area contributed by atoms with Crippen molar-refractivity contribution in [3.05, 3.63) is 0 Å². The second kappa shape index (κ2) is 12.5. The van der Waals surface area contributed by atoms with Crippen LogP contribution in [0.5, 0.6) is 0 Å². The van der Waals surface area contributed by atoms with E-state index in [1.54, 1.807) is 0 Å². The highest BCUT2D eigenvalue weighted by Crippen LogP contribution is 2.36. The maximum Gasteiger partial charge on any atom is 0.302 e. The summed E-state index contributed by atoms with van der Waals surface area (Å²) >= 11 is 0. The van der Waals surface area contributed by atoms with Crippen molar-refractivity contribution in [2.24, 2.45) is 5.41 Å². The van der Waals surface area contributed by atoms with Gasteiger partial charge in [0.1, 0.15) is 0 Å². The summed E-state index contributed by atoms with van der Waals surface area (Å²) in [5.41, 5.74) is 0.595. The topological polar surface area (TPSA) is 61.3 Å². The number of ether oxygens (including phenoxy) is 1. The first-order valence-electron chi connectivity index (χ1n) is 7.73. The molecule has 0 saturated carbocycles. The quantitative estimate of drug-likeness (QED) is 0.412. The Morgan fingerprint density at radius 2 is 1.37 bits per heavy atom. The van der Waals surface area contributed by atoms with Gasteiger partial charge in [0.25, 0.3) is 0 Å². The van der Waals surface area contributed by atoms with Crippen molar-refractivity contribution in [1.82, 2.24) is 6.15 Å². The van der Waals surface area contributed by atoms with Crippen LogP contribution < -0.4 is 6.15 Å². The zero-order valence-electron chi connectivity index (χ0n) is 13.6. The van der Waals surface area contributed by atoms with Crippen molar-refractivity contribution in [2.75, 3.05) is 6.61 Å². The summed E-state index contributed by atoms with van der Waals surface area (Å²) in [7, 11) is 0. The molecule has 0 aromatic heterocycles. The van der Waals surface area contributed by atoms with E-state index >= 15 is 0 Å². The summed E-state index contributed by atoms with van der Waals surface area (Å²) in [6.07, 6.45) is 11.5. The van der Waals surface area contributed by atoms with Crippen LogP contribution in [0.2, 0.25) is 0 Å². The number of esters is 1. The highest BCUT2D eigenvalue weighted by atomic mass is 16.5. The van der Waals surface area contributed by atoms with E-state index in [-0.39, 0.29) is 12.1 Å². The van der Waals surface area contributed by atoms with E-state index in [1.165, 1.54) is 58.3 Å². The average molecular weight is 273 g/mol. The van der Waals surface area contributed by atoms with Gasteiger partial charge in [0, 0.05) is 6.92 Å². The van der Waals surface area contributed by atoms with Crippen LogP contribution >= 0.6 is 0 Å². The van der Waals surface area contributed by atoms with Gasteiger partial charge in [-0.15, -0.1) is 0 Å². The minimum Gasteiger partial charge on any atom is -0.466 e. The monoisotopic (exact) mass is 273 g/mol. The lowest BCUT2D eigenvalue weighted by Crippen LogP contribution is -2.17. The lowest BCUT2D eigenvalue weighted by molar-refractivity contribution is -0.141. The molecule has 0 bridgehead atoms.